The number of fused-ring (bicyclic) bond motifs is 1. The van der Waals surface area contributed by atoms with Crippen LogP contribution in [0.2, 0.25) is 0 Å². The molecule has 26 heavy (non-hydrogen) atoms. The maximum atomic E-state index is 13.5. The quantitative estimate of drug-likeness (QED) is 0.677. The Morgan fingerprint density at radius 2 is 2.00 bits per heavy atom. The van der Waals surface area contributed by atoms with Crippen molar-refractivity contribution in [2.45, 2.75) is 12.2 Å². The second-order valence-electron chi connectivity index (χ2n) is 5.91. The van der Waals surface area contributed by atoms with Crippen molar-refractivity contribution in [3.8, 4) is 0 Å². The first kappa shape index (κ1) is 18.1. The fraction of sp³-hybridized carbons (Fsp3) is 0.312. The molecule has 6 nitrogen and oxygen atoms in total. The van der Waals surface area contributed by atoms with Gasteiger partial charge in [0.1, 0.15) is 11.3 Å². The highest BCUT2D eigenvalue weighted by Crippen LogP contribution is 2.32. The largest absolute Gasteiger partial charge is 0.435 e. The van der Waals surface area contributed by atoms with Gasteiger partial charge in [-0.05, 0) is 31.8 Å². The van der Waals surface area contributed by atoms with E-state index in [2.05, 4.69) is 25.3 Å². The lowest BCUT2D eigenvalue weighted by molar-refractivity contribution is -0.139. The molecule has 2 N–H and O–H groups in total. The number of rotatable bonds is 5. The van der Waals surface area contributed by atoms with Crippen LogP contribution in [0.4, 0.5) is 23.5 Å². The predicted molar refractivity (Wildman–Crippen MR) is 88.0 cm³/mol. The number of anilines is 1. The summed E-state index contributed by atoms with van der Waals surface area (Å²) in [5, 5.41) is 2.80. The molecule has 0 spiro atoms. The molecule has 0 amide bonds. The van der Waals surface area contributed by atoms with Gasteiger partial charge in [0.15, 0.2) is 11.3 Å². The number of aromatic nitrogens is 4. The van der Waals surface area contributed by atoms with E-state index in [0.29, 0.717) is 5.56 Å². The molecule has 0 radical (unpaired) electrons. The summed E-state index contributed by atoms with van der Waals surface area (Å²) in [5.74, 6) is -0.580. The maximum absolute atomic E-state index is 13.5. The normalized spacial score (nSPS) is 13.3. The van der Waals surface area contributed by atoms with Crippen molar-refractivity contribution < 1.29 is 17.6 Å². The van der Waals surface area contributed by atoms with Crippen molar-refractivity contribution in [2.24, 2.45) is 0 Å². The van der Waals surface area contributed by atoms with Gasteiger partial charge in [-0.2, -0.15) is 18.2 Å². The van der Waals surface area contributed by atoms with Crippen LogP contribution < -0.4 is 5.32 Å². The standard InChI is InChI=1S/C16H16F4N6/c1-26(2)11(9-4-3-5-10(17)6-9)7-21-15-24-13(16(18,19)20)12-14(25-15)23-8-22-12/h3-6,8,11H,7H2,1-2H3,(H2,21,22,23,24,25). The monoisotopic (exact) mass is 368 g/mol. The Labute approximate surface area is 146 Å². The van der Waals surface area contributed by atoms with Crippen LogP contribution in [-0.2, 0) is 6.18 Å². The van der Waals surface area contributed by atoms with Crippen LogP contribution in [0, 0.1) is 5.82 Å². The van der Waals surface area contributed by atoms with Gasteiger partial charge >= 0.3 is 6.18 Å². The van der Waals surface area contributed by atoms with Crippen LogP contribution in [0.25, 0.3) is 11.2 Å². The average molecular weight is 368 g/mol. The molecule has 2 aromatic heterocycles. The molecule has 0 saturated carbocycles. The fourth-order valence-electron chi connectivity index (χ4n) is 2.62. The Kier molecular flexibility index (Phi) is 4.77. The lowest BCUT2D eigenvalue weighted by atomic mass is 10.1. The molecule has 0 aliphatic heterocycles. The number of H-pyrrole nitrogens is 1. The summed E-state index contributed by atoms with van der Waals surface area (Å²) >= 11 is 0. The first-order valence-corrected chi connectivity index (χ1v) is 7.70. The first-order valence-electron chi connectivity index (χ1n) is 7.70. The van der Waals surface area contributed by atoms with Gasteiger partial charge in [0, 0.05) is 6.54 Å². The SMILES string of the molecule is CN(C)C(CNc1nc(C(F)(F)F)c2[nH]cnc2n1)c1cccc(F)c1. The minimum atomic E-state index is -4.65. The third kappa shape index (κ3) is 3.74. The van der Waals surface area contributed by atoms with Crippen LogP contribution in [0.1, 0.15) is 17.3 Å². The molecule has 1 atom stereocenters. The van der Waals surface area contributed by atoms with Crippen molar-refractivity contribution in [1.82, 2.24) is 24.8 Å². The summed E-state index contributed by atoms with van der Waals surface area (Å²) in [6.45, 7) is 0.184. The summed E-state index contributed by atoms with van der Waals surface area (Å²) in [6, 6.07) is 5.74. The molecular formula is C16H16F4N6. The van der Waals surface area contributed by atoms with Gasteiger partial charge in [-0.1, -0.05) is 12.1 Å². The zero-order valence-electron chi connectivity index (χ0n) is 14.0. The highest BCUT2D eigenvalue weighted by atomic mass is 19.4. The predicted octanol–water partition coefficient (Wildman–Crippen LogP) is 3.23. The van der Waals surface area contributed by atoms with Crippen molar-refractivity contribution in [3.05, 3.63) is 47.7 Å². The number of likely N-dealkylation sites (N-methyl/N-ethyl adjacent to an activating group) is 1. The van der Waals surface area contributed by atoms with Crippen molar-refractivity contribution in [3.63, 3.8) is 0 Å². The molecular weight excluding hydrogens is 352 g/mol. The zero-order valence-corrected chi connectivity index (χ0v) is 14.0. The molecule has 0 fully saturated rings. The van der Waals surface area contributed by atoms with Gasteiger partial charge in [0.05, 0.1) is 12.4 Å². The van der Waals surface area contributed by atoms with E-state index in [1.807, 2.05) is 4.90 Å². The van der Waals surface area contributed by atoms with E-state index in [1.54, 1.807) is 26.2 Å². The molecule has 3 rings (SSSR count). The van der Waals surface area contributed by atoms with E-state index in [0.717, 1.165) is 6.33 Å². The van der Waals surface area contributed by atoms with E-state index < -0.39 is 11.9 Å². The third-order valence-corrected chi connectivity index (χ3v) is 3.86. The number of alkyl halides is 3. The Balaban J connectivity index is 1.88. The fourth-order valence-corrected chi connectivity index (χ4v) is 2.62. The maximum Gasteiger partial charge on any atom is 0.435 e. The van der Waals surface area contributed by atoms with Crippen LogP contribution in [0.3, 0.4) is 0 Å². The molecule has 1 unspecified atom stereocenters. The number of benzene rings is 1. The van der Waals surface area contributed by atoms with E-state index >= 15 is 0 Å². The molecule has 0 aliphatic rings. The van der Waals surface area contributed by atoms with Crippen molar-refractivity contribution in [2.75, 3.05) is 26.0 Å². The highest BCUT2D eigenvalue weighted by molar-refractivity contribution is 5.74. The van der Waals surface area contributed by atoms with Gasteiger partial charge in [0.2, 0.25) is 5.95 Å². The molecule has 0 bridgehead atoms. The topological polar surface area (TPSA) is 69.7 Å². The zero-order chi connectivity index (χ0) is 18.9. The van der Waals surface area contributed by atoms with Crippen LogP contribution >= 0.6 is 0 Å². The first-order chi connectivity index (χ1) is 12.3. The molecule has 0 aliphatic carbocycles. The lowest BCUT2D eigenvalue weighted by Crippen LogP contribution is -2.27. The number of hydrogen-bond donors (Lipinski definition) is 2. The molecule has 138 valence electrons. The third-order valence-electron chi connectivity index (χ3n) is 3.86. The Morgan fingerprint density at radius 1 is 1.23 bits per heavy atom. The summed E-state index contributed by atoms with van der Waals surface area (Å²) in [4.78, 5) is 15.6. The van der Waals surface area contributed by atoms with Crippen molar-refractivity contribution in [1.29, 1.82) is 0 Å². The lowest BCUT2D eigenvalue weighted by Gasteiger charge is -2.25. The minimum Gasteiger partial charge on any atom is -0.352 e. The van der Waals surface area contributed by atoms with Gasteiger partial charge in [-0.25, -0.2) is 14.4 Å². The number of halogens is 4. The van der Waals surface area contributed by atoms with Crippen molar-refractivity contribution >= 4 is 17.1 Å². The van der Waals surface area contributed by atoms with Gasteiger partial charge in [-0.15, -0.1) is 0 Å². The van der Waals surface area contributed by atoms with E-state index in [-0.39, 0.29) is 35.5 Å². The van der Waals surface area contributed by atoms with Crippen LogP contribution in [0.15, 0.2) is 30.6 Å². The molecule has 1 aromatic carbocycles. The summed E-state index contributed by atoms with van der Waals surface area (Å²) in [7, 11) is 3.58. The summed E-state index contributed by atoms with van der Waals surface area (Å²) in [6.07, 6.45) is -3.51. The molecule has 2 heterocycles. The smallest absolute Gasteiger partial charge is 0.352 e. The average Bonchev–Trinajstić information content (AvgIpc) is 3.01. The highest BCUT2D eigenvalue weighted by Gasteiger charge is 2.36. The van der Waals surface area contributed by atoms with E-state index in [9.17, 15) is 17.6 Å². The number of hydrogen-bond acceptors (Lipinski definition) is 5. The number of aromatic amines is 1. The Morgan fingerprint density at radius 3 is 2.65 bits per heavy atom. The minimum absolute atomic E-state index is 0.0815. The van der Waals surface area contributed by atoms with Crippen LogP contribution in [-0.4, -0.2) is 45.5 Å². The number of nitrogens with one attached hydrogen (secondary N) is 2. The summed E-state index contributed by atoms with van der Waals surface area (Å²) in [5.41, 5.74) is -0.756. The molecule has 0 saturated heterocycles. The number of imidazole rings is 1. The van der Waals surface area contributed by atoms with E-state index in [4.69, 9.17) is 0 Å². The van der Waals surface area contributed by atoms with Gasteiger partial charge in [-0.3, -0.25) is 0 Å². The molecule has 3 aromatic rings. The van der Waals surface area contributed by atoms with Gasteiger partial charge in [0.25, 0.3) is 0 Å². The second-order valence-corrected chi connectivity index (χ2v) is 5.91. The van der Waals surface area contributed by atoms with E-state index in [1.165, 1.54) is 12.1 Å². The number of nitrogens with zero attached hydrogens (tertiary/aromatic N) is 4. The second kappa shape index (κ2) is 6.87. The Hall–Kier alpha value is -2.75. The van der Waals surface area contributed by atoms with Gasteiger partial charge < -0.3 is 15.2 Å². The Bertz CT molecular complexity index is 905. The van der Waals surface area contributed by atoms with Crippen LogP contribution in [0.5, 0.6) is 0 Å². The molecule has 10 heteroatoms. The summed E-state index contributed by atoms with van der Waals surface area (Å²) < 4.78 is 53.1.